The lowest BCUT2D eigenvalue weighted by atomic mass is 10.0. The first-order chi connectivity index (χ1) is 7.04. The Morgan fingerprint density at radius 2 is 2.20 bits per heavy atom. The maximum absolute atomic E-state index is 11.2. The van der Waals surface area contributed by atoms with E-state index in [9.17, 15) is 9.90 Å². The largest absolute Gasteiger partial charge is 0.507 e. The molecule has 3 heteroatoms. The van der Waals surface area contributed by atoms with Gasteiger partial charge in [-0.2, -0.15) is 0 Å². The summed E-state index contributed by atoms with van der Waals surface area (Å²) < 4.78 is 5.07. The van der Waals surface area contributed by atoms with E-state index in [0.29, 0.717) is 18.1 Å². The highest BCUT2D eigenvalue weighted by Gasteiger charge is 2.07. The maximum atomic E-state index is 11.2. The van der Waals surface area contributed by atoms with Crippen LogP contribution in [-0.2, 0) is 6.42 Å². The molecule has 0 aliphatic heterocycles. The SMILES string of the molecule is CCC(C)CCc1cc(O)c(C)c(=O)o1. The van der Waals surface area contributed by atoms with Crippen molar-refractivity contribution in [2.75, 3.05) is 0 Å². The minimum Gasteiger partial charge on any atom is -0.507 e. The topological polar surface area (TPSA) is 50.4 Å². The number of hydrogen-bond donors (Lipinski definition) is 1. The van der Waals surface area contributed by atoms with E-state index in [1.165, 1.54) is 0 Å². The highest BCUT2D eigenvalue weighted by Crippen LogP contribution is 2.17. The normalized spacial score (nSPS) is 12.7. The van der Waals surface area contributed by atoms with E-state index in [1.807, 2.05) is 0 Å². The molecule has 1 aromatic rings. The molecule has 1 aromatic heterocycles. The van der Waals surface area contributed by atoms with Crippen LogP contribution in [0.5, 0.6) is 5.75 Å². The molecule has 0 radical (unpaired) electrons. The Balaban J connectivity index is 2.75. The molecule has 84 valence electrons. The van der Waals surface area contributed by atoms with Gasteiger partial charge < -0.3 is 9.52 Å². The summed E-state index contributed by atoms with van der Waals surface area (Å²) in [5.41, 5.74) is -0.156. The fraction of sp³-hybridized carbons (Fsp3) is 0.583. The van der Waals surface area contributed by atoms with Gasteiger partial charge in [-0.25, -0.2) is 4.79 Å². The molecule has 1 heterocycles. The Labute approximate surface area is 89.7 Å². The number of aromatic hydroxyl groups is 1. The van der Waals surface area contributed by atoms with Crippen molar-refractivity contribution < 1.29 is 9.52 Å². The van der Waals surface area contributed by atoms with Crippen LogP contribution in [0.25, 0.3) is 0 Å². The Hall–Kier alpha value is -1.25. The molecule has 1 N–H and O–H groups in total. The first kappa shape index (κ1) is 11.8. The molecule has 0 aromatic carbocycles. The molecule has 3 nitrogen and oxygen atoms in total. The van der Waals surface area contributed by atoms with Crippen LogP contribution in [0.15, 0.2) is 15.3 Å². The Bertz CT molecular complexity index is 379. The first-order valence-corrected chi connectivity index (χ1v) is 5.37. The third-order valence-electron chi connectivity index (χ3n) is 2.79. The third kappa shape index (κ3) is 3.11. The summed E-state index contributed by atoms with van der Waals surface area (Å²) in [5, 5.41) is 9.44. The van der Waals surface area contributed by atoms with Crippen molar-refractivity contribution in [2.24, 2.45) is 5.92 Å². The second-order valence-corrected chi connectivity index (χ2v) is 4.06. The van der Waals surface area contributed by atoms with E-state index < -0.39 is 5.63 Å². The zero-order valence-corrected chi connectivity index (χ0v) is 9.54. The molecule has 0 aliphatic rings. The third-order valence-corrected chi connectivity index (χ3v) is 2.79. The average molecular weight is 210 g/mol. The van der Waals surface area contributed by atoms with Gasteiger partial charge in [-0.1, -0.05) is 20.3 Å². The van der Waals surface area contributed by atoms with E-state index in [1.54, 1.807) is 13.0 Å². The van der Waals surface area contributed by atoms with Gasteiger partial charge in [0.2, 0.25) is 0 Å². The van der Waals surface area contributed by atoms with E-state index in [4.69, 9.17) is 4.42 Å². The predicted molar refractivity (Wildman–Crippen MR) is 59.2 cm³/mol. The molecule has 1 rings (SSSR count). The van der Waals surface area contributed by atoms with Crippen molar-refractivity contribution in [3.05, 3.63) is 27.8 Å². The highest BCUT2D eigenvalue weighted by atomic mass is 16.4. The maximum Gasteiger partial charge on any atom is 0.342 e. The lowest BCUT2D eigenvalue weighted by Crippen LogP contribution is -2.06. The Kier molecular flexibility index (Phi) is 3.95. The Morgan fingerprint density at radius 3 is 2.73 bits per heavy atom. The number of aryl methyl sites for hydroxylation is 1. The summed E-state index contributed by atoms with van der Waals surface area (Å²) in [5.74, 6) is 1.22. The molecule has 0 spiro atoms. The van der Waals surface area contributed by atoms with Gasteiger partial charge in [-0.05, 0) is 19.3 Å². The van der Waals surface area contributed by atoms with Crippen LogP contribution in [0.1, 0.15) is 38.0 Å². The van der Waals surface area contributed by atoms with Crippen LogP contribution in [0.2, 0.25) is 0 Å². The fourth-order valence-electron chi connectivity index (χ4n) is 1.31. The lowest BCUT2D eigenvalue weighted by Gasteiger charge is -2.07. The fourth-order valence-corrected chi connectivity index (χ4v) is 1.31. The van der Waals surface area contributed by atoms with E-state index in [-0.39, 0.29) is 11.3 Å². The molecule has 0 fully saturated rings. The molecule has 15 heavy (non-hydrogen) atoms. The van der Waals surface area contributed by atoms with Crippen molar-refractivity contribution >= 4 is 0 Å². The van der Waals surface area contributed by atoms with E-state index >= 15 is 0 Å². The minimum absolute atomic E-state index is 0.0328. The molecule has 1 atom stereocenters. The summed E-state index contributed by atoms with van der Waals surface area (Å²) in [6, 6.07) is 1.54. The van der Waals surface area contributed by atoms with Crippen molar-refractivity contribution in [3.63, 3.8) is 0 Å². The molecular weight excluding hydrogens is 192 g/mol. The molecule has 0 saturated heterocycles. The standard InChI is InChI=1S/C12H18O3/c1-4-8(2)5-6-10-7-11(13)9(3)12(14)15-10/h7-8,13H,4-6H2,1-3H3. The molecule has 0 aliphatic carbocycles. The number of rotatable bonds is 4. The van der Waals surface area contributed by atoms with Crippen LogP contribution in [0, 0.1) is 12.8 Å². The summed E-state index contributed by atoms with van der Waals surface area (Å²) in [7, 11) is 0. The van der Waals surface area contributed by atoms with E-state index in [0.717, 1.165) is 12.8 Å². The van der Waals surface area contributed by atoms with Gasteiger partial charge in [0, 0.05) is 12.5 Å². The van der Waals surface area contributed by atoms with Crippen LogP contribution in [-0.4, -0.2) is 5.11 Å². The van der Waals surface area contributed by atoms with Gasteiger partial charge in [0.15, 0.2) is 0 Å². The van der Waals surface area contributed by atoms with Gasteiger partial charge in [-0.15, -0.1) is 0 Å². The van der Waals surface area contributed by atoms with Crippen LogP contribution in [0.3, 0.4) is 0 Å². The number of hydrogen-bond acceptors (Lipinski definition) is 3. The van der Waals surface area contributed by atoms with Gasteiger partial charge in [0.1, 0.15) is 11.5 Å². The minimum atomic E-state index is -0.436. The van der Waals surface area contributed by atoms with Gasteiger partial charge >= 0.3 is 5.63 Å². The zero-order chi connectivity index (χ0) is 11.4. The van der Waals surface area contributed by atoms with E-state index in [2.05, 4.69) is 13.8 Å². The van der Waals surface area contributed by atoms with Crippen molar-refractivity contribution in [2.45, 2.75) is 40.0 Å². The van der Waals surface area contributed by atoms with Crippen LogP contribution in [0.4, 0.5) is 0 Å². The summed E-state index contributed by atoms with van der Waals surface area (Å²) in [6.07, 6.45) is 2.79. The quantitative estimate of drug-likeness (QED) is 0.831. The Morgan fingerprint density at radius 1 is 1.53 bits per heavy atom. The average Bonchev–Trinajstić information content (AvgIpc) is 2.22. The van der Waals surface area contributed by atoms with Crippen molar-refractivity contribution in [3.8, 4) is 5.75 Å². The first-order valence-electron chi connectivity index (χ1n) is 5.37. The lowest BCUT2D eigenvalue weighted by molar-refractivity contribution is 0.400. The van der Waals surface area contributed by atoms with Crippen LogP contribution < -0.4 is 5.63 Å². The summed E-state index contributed by atoms with van der Waals surface area (Å²) >= 11 is 0. The molecule has 0 amide bonds. The predicted octanol–water partition coefficient (Wildman–Crippen LogP) is 2.63. The van der Waals surface area contributed by atoms with Crippen LogP contribution >= 0.6 is 0 Å². The monoisotopic (exact) mass is 210 g/mol. The highest BCUT2D eigenvalue weighted by molar-refractivity contribution is 5.28. The summed E-state index contributed by atoms with van der Waals surface area (Å²) in [6.45, 7) is 5.85. The summed E-state index contributed by atoms with van der Waals surface area (Å²) in [4.78, 5) is 11.2. The second-order valence-electron chi connectivity index (χ2n) is 4.06. The molecule has 1 unspecified atom stereocenters. The molecule has 0 saturated carbocycles. The van der Waals surface area contributed by atoms with Gasteiger partial charge in [-0.3, -0.25) is 0 Å². The van der Waals surface area contributed by atoms with Gasteiger partial charge in [0.25, 0.3) is 0 Å². The molecule has 0 bridgehead atoms. The van der Waals surface area contributed by atoms with Gasteiger partial charge in [0.05, 0.1) is 5.56 Å². The van der Waals surface area contributed by atoms with Crippen molar-refractivity contribution in [1.29, 1.82) is 0 Å². The smallest absolute Gasteiger partial charge is 0.342 e. The molecular formula is C12H18O3. The van der Waals surface area contributed by atoms with Crippen molar-refractivity contribution in [1.82, 2.24) is 0 Å². The zero-order valence-electron chi connectivity index (χ0n) is 9.54. The second kappa shape index (κ2) is 5.01.